The molecule has 3 rings (SSSR count). The number of hydrogen-bond acceptors (Lipinski definition) is 6. The van der Waals surface area contributed by atoms with Crippen LogP contribution in [-0.4, -0.2) is 21.7 Å². The molecular weight excluding hydrogens is 343 g/mol. The minimum atomic E-state index is -0.376. The average molecular weight is 358 g/mol. The van der Waals surface area contributed by atoms with Crippen molar-refractivity contribution in [2.75, 3.05) is 5.75 Å². The molecule has 0 spiro atoms. The van der Waals surface area contributed by atoms with Gasteiger partial charge in [0.1, 0.15) is 11.6 Å². The van der Waals surface area contributed by atoms with E-state index < -0.39 is 0 Å². The number of benzene rings is 2. The van der Waals surface area contributed by atoms with Gasteiger partial charge in [0.15, 0.2) is 12.4 Å². The van der Waals surface area contributed by atoms with Crippen LogP contribution >= 0.6 is 11.8 Å². The first-order chi connectivity index (χ1) is 12.1. The molecule has 7 heteroatoms. The zero-order valence-electron chi connectivity index (χ0n) is 13.4. The summed E-state index contributed by atoms with van der Waals surface area (Å²) >= 11 is 1.13. The molecule has 1 aromatic heterocycles. The number of Topliss-reactive ketones (excluding diaryl/α,β-unsaturated/α-hetero) is 1. The number of carbonyl (C=O) groups is 1. The molecule has 0 saturated carbocycles. The van der Waals surface area contributed by atoms with Crippen LogP contribution in [0.1, 0.15) is 21.8 Å². The van der Waals surface area contributed by atoms with E-state index in [1.54, 1.807) is 0 Å². The van der Waals surface area contributed by atoms with Gasteiger partial charge in [-0.2, -0.15) is 0 Å². The largest absolute Gasteiger partial charge is 0.484 e. The molecule has 0 amide bonds. The Balaban J connectivity index is 1.52. The number of para-hydroxylation sites is 1. The fourth-order valence-corrected chi connectivity index (χ4v) is 2.73. The summed E-state index contributed by atoms with van der Waals surface area (Å²) in [7, 11) is 0. The highest BCUT2D eigenvalue weighted by Gasteiger charge is 2.12. The van der Waals surface area contributed by atoms with Crippen LogP contribution in [0.25, 0.3) is 0 Å². The molecule has 0 N–H and O–H groups in total. The third-order valence-electron chi connectivity index (χ3n) is 3.39. The van der Waals surface area contributed by atoms with Gasteiger partial charge in [-0.3, -0.25) is 4.79 Å². The minimum absolute atomic E-state index is 0.131. The first kappa shape index (κ1) is 17.2. The van der Waals surface area contributed by atoms with Gasteiger partial charge in [-0.15, -0.1) is 10.2 Å². The molecule has 0 aliphatic rings. The Morgan fingerprint density at radius 3 is 2.68 bits per heavy atom. The van der Waals surface area contributed by atoms with E-state index in [0.29, 0.717) is 16.7 Å². The third-order valence-corrected chi connectivity index (χ3v) is 4.20. The molecule has 128 valence electrons. The van der Waals surface area contributed by atoms with Crippen LogP contribution < -0.4 is 4.74 Å². The van der Waals surface area contributed by atoms with E-state index in [2.05, 4.69) is 10.2 Å². The SMILES string of the molecule is Cc1ccccc1OCc1nnc(SCC(=O)c2ccc(F)cc2)o1. The molecule has 25 heavy (non-hydrogen) atoms. The van der Waals surface area contributed by atoms with Gasteiger partial charge >= 0.3 is 0 Å². The van der Waals surface area contributed by atoms with Crippen LogP contribution in [0.4, 0.5) is 4.39 Å². The Hall–Kier alpha value is -2.67. The van der Waals surface area contributed by atoms with Gasteiger partial charge in [-0.25, -0.2) is 4.39 Å². The average Bonchev–Trinajstić information content (AvgIpc) is 3.07. The second kappa shape index (κ2) is 7.94. The lowest BCUT2D eigenvalue weighted by Gasteiger charge is -2.05. The van der Waals surface area contributed by atoms with E-state index in [9.17, 15) is 9.18 Å². The number of carbonyl (C=O) groups excluding carboxylic acids is 1. The Morgan fingerprint density at radius 2 is 1.92 bits per heavy atom. The zero-order chi connectivity index (χ0) is 17.6. The maximum absolute atomic E-state index is 12.9. The summed E-state index contributed by atoms with van der Waals surface area (Å²) in [5.74, 6) is 0.702. The number of thioether (sulfide) groups is 1. The molecule has 0 aliphatic carbocycles. The van der Waals surface area contributed by atoms with Gasteiger partial charge in [0.25, 0.3) is 11.1 Å². The Morgan fingerprint density at radius 1 is 1.16 bits per heavy atom. The number of aromatic nitrogens is 2. The molecule has 3 aromatic rings. The van der Waals surface area contributed by atoms with E-state index in [4.69, 9.17) is 9.15 Å². The summed E-state index contributed by atoms with van der Waals surface area (Å²) < 4.78 is 24.0. The molecule has 0 radical (unpaired) electrons. The first-order valence-corrected chi connectivity index (χ1v) is 8.53. The number of aryl methyl sites for hydroxylation is 1. The lowest BCUT2D eigenvalue weighted by molar-refractivity contribution is 0.102. The predicted molar refractivity (Wildman–Crippen MR) is 91.3 cm³/mol. The summed E-state index contributed by atoms with van der Waals surface area (Å²) in [6.07, 6.45) is 0. The van der Waals surface area contributed by atoms with Crippen molar-refractivity contribution in [3.63, 3.8) is 0 Å². The Labute approximate surface area is 148 Å². The van der Waals surface area contributed by atoms with Crippen LogP contribution in [0.5, 0.6) is 5.75 Å². The van der Waals surface area contributed by atoms with Gasteiger partial charge < -0.3 is 9.15 Å². The molecule has 5 nitrogen and oxygen atoms in total. The number of rotatable bonds is 7. The maximum Gasteiger partial charge on any atom is 0.277 e. The number of ether oxygens (including phenoxy) is 1. The van der Waals surface area contributed by atoms with Crippen LogP contribution in [0, 0.1) is 12.7 Å². The van der Waals surface area contributed by atoms with Gasteiger partial charge in [0, 0.05) is 5.56 Å². The highest BCUT2D eigenvalue weighted by Crippen LogP contribution is 2.20. The molecule has 0 aliphatic heterocycles. The second-order valence-corrected chi connectivity index (χ2v) is 6.16. The molecule has 0 unspecified atom stereocenters. The minimum Gasteiger partial charge on any atom is -0.484 e. The van der Waals surface area contributed by atoms with Crippen molar-refractivity contribution in [2.24, 2.45) is 0 Å². The summed E-state index contributed by atoms with van der Waals surface area (Å²) in [5, 5.41) is 8.08. The van der Waals surface area contributed by atoms with Gasteiger partial charge in [-0.1, -0.05) is 30.0 Å². The van der Waals surface area contributed by atoms with Crippen LogP contribution in [0.15, 0.2) is 58.2 Å². The normalized spacial score (nSPS) is 10.6. The summed E-state index contributed by atoms with van der Waals surface area (Å²) in [4.78, 5) is 12.0. The standard InChI is InChI=1S/C18H15FN2O3S/c1-12-4-2-3-5-16(12)23-10-17-20-21-18(24-17)25-11-15(22)13-6-8-14(19)9-7-13/h2-9H,10-11H2,1H3. The summed E-state index contributed by atoms with van der Waals surface area (Å²) in [6, 6.07) is 13.0. The van der Waals surface area contributed by atoms with Crippen molar-refractivity contribution in [1.29, 1.82) is 0 Å². The fourth-order valence-electron chi connectivity index (χ4n) is 2.06. The molecule has 2 aromatic carbocycles. The van der Waals surface area contributed by atoms with E-state index in [0.717, 1.165) is 23.1 Å². The summed E-state index contributed by atoms with van der Waals surface area (Å²) in [6.45, 7) is 2.11. The first-order valence-electron chi connectivity index (χ1n) is 7.54. The molecule has 0 saturated heterocycles. The van der Waals surface area contributed by atoms with Crippen LogP contribution in [0.2, 0.25) is 0 Å². The number of nitrogens with zero attached hydrogens (tertiary/aromatic N) is 2. The van der Waals surface area contributed by atoms with Gasteiger partial charge in [0.05, 0.1) is 5.75 Å². The van der Waals surface area contributed by atoms with Crippen molar-refractivity contribution in [3.05, 3.63) is 71.4 Å². The second-order valence-electron chi connectivity index (χ2n) is 5.23. The van der Waals surface area contributed by atoms with Crippen LogP contribution in [-0.2, 0) is 6.61 Å². The lowest BCUT2D eigenvalue weighted by Crippen LogP contribution is -2.02. The Kier molecular flexibility index (Phi) is 5.45. The molecule has 0 bridgehead atoms. The quantitative estimate of drug-likeness (QED) is 0.468. The lowest BCUT2D eigenvalue weighted by atomic mass is 10.1. The highest BCUT2D eigenvalue weighted by atomic mass is 32.2. The molecule has 0 atom stereocenters. The van der Waals surface area contributed by atoms with Gasteiger partial charge in [0.2, 0.25) is 0 Å². The maximum atomic E-state index is 12.9. The van der Waals surface area contributed by atoms with Crippen molar-refractivity contribution < 1.29 is 18.3 Å². The van der Waals surface area contributed by atoms with E-state index in [-0.39, 0.29) is 24.0 Å². The van der Waals surface area contributed by atoms with Crippen molar-refractivity contribution in [2.45, 2.75) is 18.8 Å². The van der Waals surface area contributed by atoms with Crippen molar-refractivity contribution in [1.82, 2.24) is 10.2 Å². The number of ketones is 1. The Bertz CT molecular complexity index is 865. The zero-order valence-corrected chi connectivity index (χ0v) is 14.3. The van der Waals surface area contributed by atoms with E-state index in [1.807, 2.05) is 31.2 Å². The van der Waals surface area contributed by atoms with Crippen molar-refractivity contribution in [3.8, 4) is 5.75 Å². The van der Waals surface area contributed by atoms with Gasteiger partial charge in [-0.05, 0) is 42.8 Å². The topological polar surface area (TPSA) is 65.2 Å². The van der Waals surface area contributed by atoms with Crippen molar-refractivity contribution >= 4 is 17.5 Å². The molecule has 0 fully saturated rings. The third kappa shape index (κ3) is 4.67. The van der Waals surface area contributed by atoms with E-state index >= 15 is 0 Å². The molecular formula is C18H15FN2O3S. The predicted octanol–water partition coefficient (Wildman–Crippen LogP) is 4.07. The number of hydrogen-bond donors (Lipinski definition) is 0. The summed E-state index contributed by atoms with van der Waals surface area (Å²) in [5.41, 5.74) is 1.46. The highest BCUT2D eigenvalue weighted by molar-refractivity contribution is 7.99. The fraction of sp³-hybridized carbons (Fsp3) is 0.167. The van der Waals surface area contributed by atoms with E-state index in [1.165, 1.54) is 24.3 Å². The number of halogens is 1. The molecule has 1 heterocycles. The monoisotopic (exact) mass is 358 g/mol. The van der Waals surface area contributed by atoms with Crippen LogP contribution in [0.3, 0.4) is 0 Å². The smallest absolute Gasteiger partial charge is 0.277 e.